The Morgan fingerprint density at radius 2 is 1.94 bits per heavy atom. The molecule has 3 N–H and O–H groups in total. The van der Waals surface area contributed by atoms with Gasteiger partial charge in [0.1, 0.15) is 17.6 Å². The Morgan fingerprint density at radius 3 is 2.66 bits per heavy atom. The number of alkyl halides is 3. The third kappa shape index (κ3) is 4.11. The number of carbonyl (C=O) groups excluding carboxylic acids is 1. The number of nitrogens with one attached hydrogen (secondary N) is 1. The second-order valence-corrected chi connectivity index (χ2v) is 8.08. The molecule has 0 unspecified atom stereocenters. The summed E-state index contributed by atoms with van der Waals surface area (Å²) in [5, 5.41) is 2.50. The van der Waals surface area contributed by atoms with E-state index in [9.17, 15) is 18.0 Å². The molecule has 1 amide bonds. The number of methoxy groups -OCH3 is 1. The van der Waals surface area contributed by atoms with Crippen molar-refractivity contribution in [2.75, 3.05) is 18.2 Å². The first-order chi connectivity index (χ1) is 16.8. The first-order valence-corrected chi connectivity index (χ1v) is 10.7. The minimum atomic E-state index is -4.65. The molecule has 180 valence electrons. The van der Waals surface area contributed by atoms with Crippen molar-refractivity contribution in [3.8, 4) is 11.4 Å². The summed E-state index contributed by atoms with van der Waals surface area (Å²) >= 11 is 0. The Balaban J connectivity index is 1.42. The molecule has 0 saturated heterocycles. The monoisotopic (exact) mass is 483 g/mol. The Bertz CT molecular complexity index is 1430. The molecule has 0 saturated carbocycles. The number of ether oxygens (including phenoxy) is 1. The number of anilines is 2. The van der Waals surface area contributed by atoms with Gasteiger partial charge in [0, 0.05) is 23.0 Å². The fourth-order valence-corrected chi connectivity index (χ4v) is 4.42. The van der Waals surface area contributed by atoms with E-state index < -0.39 is 17.9 Å². The molecule has 0 bridgehead atoms. The fraction of sp³-hybridized carbons (Fsp3) is 0.261. The molecule has 3 heterocycles. The van der Waals surface area contributed by atoms with Gasteiger partial charge in [-0.15, -0.1) is 0 Å². The zero-order valence-corrected chi connectivity index (χ0v) is 18.6. The Kier molecular flexibility index (Phi) is 5.50. The Morgan fingerprint density at radius 1 is 1.17 bits per heavy atom. The van der Waals surface area contributed by atoms with Crippen molar-refractivity contribution in [2.45, 2.75) is 31.9 Å². The number of hydrogen-bond donors (Lipinski definition) is 2. The molecule has 0 spiro atoms. The lowest BCUT2D eigenvalue weighted by molar-refractivity contribution is -0.144. The van der Waals surface area contributed by atoms with Gasteiger partial charge in [-0.2, -0.15) is 13.2 Å². The van der Waals surface area contributed by atoms with Crippen LogP contribution in [-0.4, -0.2) is 37.5 Å². The highest BCUT2D eigenvalue weighted by atomic mass is 19.4. The molecule has 9 nitrogen and oxygen atoms in total. The van der Waals surface area contributed by atoms with Gasteiger partial charge in [0.2, 0.25) is 11.7 Å². The standard InChI is InChI=1S/C23H20F3N7O2/c1-35-17-8-14(33-16-4-2-3-15(16)19-20(33)21(27)31-11-30-19)6-5-12(17)7-18(34)32-13-9-28-22(29-10-13)23(24,25)26/h5-6,8-11H,2-4,7H2,1H3,(H,32,34)(H2,27,30,31). The molecule has 4 aromatic rings. The zero-order chi connectivity index (χ0) is 24.7. The normalized spacial score (nSPS) is 13.1. The highest BCUT2D eigenvalue weighted by Gasteiger charge is 2.34. The maximum atomic E-state index is 12.6. The number of benzene rings is 1. The highest BCUT2D eigenvalue weighted by Crippen LogP contribution is 2.37. The predicted octanol–water partition coefficient (Wildman–Crippen LogP) is 3.49. The van der Waals surface area contributed by atoms with Gasteiger partial charge in [0.25, 0.3) is 0 Å². The van der Waals surface area contributed by atoms with Crippen LogP contribution in [0.1, 0.15) is 29.1 Å². The number of aryl methyl sites for hydroxylation is 1. The van der Waals surface area contributed by atoms with Crippen molar-refractivity contribution in [3.05, 3.63) is 59.6 Å². The summed E-state index contributed by atoms with van der Waals surface area (Å²) in [4.78, 5) is 27.6. The summed E-state index contributed by atoms with van der Waals surface area (Å²) in [7, 11) is 1.50. The van der Waals surface area contributed by atoms with E-state index in [4.69, 9.17) is 10.5 Å². The van der Waals surface area contributed by atoms with Crippen LogP contribution in [0.5, 0.6) is 5.75 Å². The summed E-state index contributed by atoms with van der Waals surface area (Å²) in [6.07, 6.45) is 1.39. The first kappa shape index (κ1) is 22.6. The van der Waals surface area contributed by atoms with Gasteiger partial charge in [0.05, 0.1) is 37.1 Å². The Hall–Kier alpha value is -4.22. The maximum Gasteiger partial charge on any atom is 0.451 e. The third-order valence-electron chi connectivity index (χ3n) is 5.89. The van der Waals surface area contributed by atoms with Gasteiger partial charge in [-0.25, -0.2) is 19.9 Å². The quantitative estimate of drug-likeness (QED) is 0.446. The third-order valence-corrected chi connectivity index (χ3v) is 5.89. The van der Waals surface area contributed by atoms with Crippen molar-refractivity contribution in [1.82, 2.24) is 24.5 Å². The maximum absolute atomic E-state index is 12.6. The zero-order valence-electron chi connectivity index (χ0n) is 18.6. The van der Waals surface area contributed by atoms with E-state index in [1.54, 1.807) is 6.07 Å². The number of amides is 1. The minimum absolute atomic E-state index is 0.0587. The lowest BCUT2D eigenvalue weighted by atomic mass is 10.1. The van der Waals surface area contributed by atoms with Crippen molar-refractivity contribution in [2.24, 2.45) is 0 Å². The average molecular weight is 483 g/mol. The van der Waals surface area contributed by atoms with Crippen LogP contribution in [0.3, 0.4) is 0 Å². The smallest absolute Gasteiger partial charge is 0.451 e. The van der Waals surface area contributed by atoms with Gasteiger partial charge in [-0.1, -0.05) is 6.07 Å². The molecule has 0 radical (unpaired) electrons. The lowest BCUT2D eigenvalue weighted by Crippen LogP contribution is -2.17. The molecule has 5 rings (SSSR count). The molecule has 3 aromatic heterocycles. The number of nitrogens with zero attached hydrogens (tertiary/aromatic N) is 5. The van der Waals surface area contributed by atoms with Crippen molar-refractivity contribution in [3.63, 3.8) is 0 Å². The van der Waals surface area contributed by atoms with Gasteiger partial charge < -0.3 is 20.4 Å². The van der Waals surface area contributed by atoms with Crippen LogP contribution in [0, 0.1) is 0 Å². The summed E-state index contributed by atoms with van der Waals surface area (Å²) < 4.78 is 45.5. The van der Waals surface area contributed by atoms with E-state index in [0.29, 0.717) is 17.1 Å². The first-order valence-electron chi connectivity index (χ1n) is 10.7. The highest BCUT2D eigenvalue weighted by molar-refractivity contribution is 5.93. The molecular formula is C23H20F3N7O2. The number of hydrogen-bond acceptors (Lipinski definition) is 7. The number of carbonyl (C=O) groups is 1. The summed E-state index contributed by atoms with van der Waals surface area (Å²) in [6, 6.07) is 5.44. The second-order valence-electron chi connectivity index (χ2n) is 8.08. The number of aromatic nitrogens is 5. The lowest BCUT2D eigenvalue weighted by Gasteiger charge is -2.15. The van der Waals surface area contributed by atoms with Crippen LogP contribution in [0.2, 0.25) is 0 Å². The summed E-state index contributed by atoms with van der Waals surface area (Å²) in [5.74, 6) is -0.872. The number of nitrogens with two attached hydrogens (primary N) is 1. The number of nitrogen functional groups attached to an aromatic ring is 1. The number of rotatable bonds is 5. The summed E-state index contributed by atoms with van der Waals surface area (Å²) in [5.41, 5.74) is 11.5. The molecule has 12 heteroatoms. The molecule has 1 aliphatic carbocycles. The molecule has 1 aliphatic rings. The number of fused-ring (bicyclic) bond motifs is 3. The van der Waals surface area contributed by atoms with Crippen LogP contribution in [0.15, 0.2) is 36.9 Å². The van der Waals surface area contributed by atoms with Crippen molar-refractivity contribution in [1.29, 1.82) is 0 Å². The largest absolute Gasteiger partial charge is 0.496 e. The predicted molar refractivity (Wildman–Crippen MR) is 121 cm³/mol. The van der Waals surface area contributed by atoms with Crippen LogP contribution in [0.25, 0.3) is 16.7 Å². The van der Waals surface area contributed by atoms with Gasteiger partial charge >= 0.3 is 6.18 Å². The van der Waals surface area contributed by atoms with Crippen LogP contribution in [0.4, 0.5) is 24.7 Å². The topological polar surface area (TPSA) is 121 Å². The van der Waals surface area contributed by atoms with E-state index in [0.717, 1.165) is 59.6 Å². The van der Waals surface area contributed by atoms with Crippen molar-refractivity contribution < 1.29 is 22.7 Å². The van der Waals surface area contributed by atoms with Gasteiger partial charge in [-0.3, -0.25) is 4.79 Å². The molecule has 0 fully saturated rings. The van der Waals surface area contributed by atoms with E-state index in [1.165, 1.54) is 13.4 Å². The van der Waals surface area contributed by atoms with E-state index in [1.807, 2.05) is 16.7 Å². The van der Waals surface area contributed by atoms with Crippen molar-refractivity contribution >= 4 is 28.4 Å². The second kappa shape index (κ2) is 8.53. The average Bonchev–Trinajstić information content (AvgIpc) is 3.41. The molecular weight excluding hydrogens is 463 g/mol. The minimum Gasteiger partial charge on any atom is -0.496 e. The van der Waals surface area contributed by atoms with Crippen LogP contribution < -0.4 is 15.8 Å². The van der Waals surface area contributed by atoms with Crippen LogP contribution in [-0.2, 0) is 30.2 Å². The van der Waals surface area contributed by atoms with E-state index in [2.05, 4.69) is 25.3 Å². The molecule has 0 atom stereocenters. The van der Waals surface area contributed by atoms with Crippen LogP contribution >= 0.6 is 0 Å². The van der Waals surface area contributed by atoms with Gasteiger partial charge in [0.15, 0.2) is 5.82 Å². The van der Waals surface area contributed by atoms with E-state index >= 15 is 0 Å². The SMILES string of the molecule is COc1cc(-n2c3c(c4ncnc(N)c42)CCC3)ccc1CC(=O)Nc1cnc(C(F)(F)F)nc1. The molecule has 35 heavy (non-hydrogen) atoms. The molecule has 0 aliphatic heterocycles. The number of halogens is 3. The molecule has 1 aromatic carbocycles. The summed E-state index contributed by atoms with van der Waals surface area (Å²) in [6.45, 7) is 0. The Labute approximate surface area is 197 Å². The fourth-order valence-electron chi connectivity index (χ4n) is 4.42. The van der Waals surface area contributed by atoms with E-state index in [-0.39, 0.29) is 12.1 Å². The van der Waals surface area contributed by atoms with Gasteiger partial charge in [-0.05, 0) is 30.9 Å².